The number of hydrogen-bond donors (Lipinski definition) is 2. The second-order valence-corrected chi connectivity index (χ2v) is 2.34. The minimum absolute atomic E-state index is 0.456. The van der Waals surface area contributed by atoms with Crippen molar-refractivity contribution >= 4 is 27.0 Å². The number of carbonyl (C=O) groups excluding carboxylic acids is 1. The third kappa shape index (κ3) is 4.13. The predicted octanol–water partition coefficient (Wildman–Crippen LogP) is 0.320. The molecule has 0 saturated heterocycles. The van der Waals surface area contributed by atoms with Crippen LogP contribution in [0.3, 0.4) is 0 Å². The number of nitrogens with two attached hydrogens (primary N) is 2. The Morgan fingerprint density at radius 1 is 1.67 bits per heavy atom. The summed E-state index contributed by atoms with van der Waals surface area (Å²) in [5, 5.41) is 4.35. The predicted molar refractivity (Wildman–Crippen MR) is 29.0 cm³/mol. The van der Waals surface area contributed by atoms with Gasteiger partial charge in [-0.25, -0.2) is 0 Å². The molecule has 3 nitrogen and oxygen atoms in total. The van der Waals surface area contributed by atoms with Crippen molar-refractivity contribution in [3.05, 3.63) is 0 Å². The molecule has 4 N–H and O–H groups in total. The number of hydrogen-bond acceptors (Lipinski definition) is 4. The summed E-state index contributed by atoms with van der Waals surface area (Å²) in [7, 11) is 1.67. The van der Waals surface area contributed by atoms with Gasteiger partial charge in [0, 0.05) is 10.8 Å². The van der Waals surface area contributed by atoms with Crippen LogP contribution in [0.1, 0.15) is 0 Å². The summed E-state index contributed by atoms with van der Waals surface area (Å²) >= 11 is 0. The summed E-state index contributed by atoms with van der Waals surface area (Å²) < 4.78 is 0. The molecule has 0 aromatic heterocycles. The molecule has 0 aromatic carbocycles. The molecule has 0 unspecified atom stereocenters. The molecule has 0 atom stereocenters. The highest BCUT2D eigenvalue weighted by molar-refractivity contribution is 8.81. The lowest BCUT2D eigenvalue weighted by Crippen LogP contribution is -2.00. The second-order valence-electron chi connectivity index (χ2n) is 0.499. The molecule has 1 amide bonds. The zero-order chi connectivity index (χ0) is 4.99. The Kier molecular flexibility index (Phi) is 3.40. The van der Waals surface area contributed by atoms with Crippen LogP contribution < -0.4 is 10.9 Å². The first kappa shape index (κ1) is 6.13. The maximum absolute atomic E-state index is 9.68. The van der Waals surface area contributed by atoms with Crippen LogP contribution in [-0.2, 0) is 0 Å². The molecule has 36 valence electrons. The molecule has 0 aliphatic carbocycles. The van der Waals surface area contributed by atoms with E-state index in [1.807, 2.05) is 0 Å². The molecule has 0 fully saturated rings. The normalized spacial score (nSPS) is 8.17. The molecule has 6 heavy (non-hydrogen) atoms. The monoisotopic (exact) mass is 124 g/mol. The summed E-state index contributed by atoms with van der Waals surface area (Å²) in [6.07, 6.45) is 0. The van der Waals surface area contributed by atoms with E-state index in [1.165, 1.54) is 0 Å². The minimum Gasteiger partial charge on any atom is -0.360 e. The summed E-state index contributed by atoms with van der Waals surface area (Å²) in [5.41, 5.74) is 4.63. The largest absolute Gasteiger partial charge is 0.360 e. The molecular weight excluding hydrogens is 120 g/mol. The summed E-state index contributed by atoms with van der Waals surface area (Å²) in [6.45, 7) is 0. The van der Waals surface area contributed by atoms with Gasteiger partial charge < -0.3 is 5.73 Å². The van der Waals surface area contributed by atoms with E-state index in [9.17, 15) is 4.79 Å². The Morgan fingerprint density at radius 3 is 2.17 bits per heavy atom. The fraction of sp³-hybridized carbons (Fsp3) is 0. The molecule has 0 bridgehead atoms. The van der Waals surface area contributed by atoms with Crippen molar-refractivity contribution in [2.75, 3.05) is 0 Å². The first-order valence-corrected chi connectivity index (χ1v) is 3.31. The fourth-order valence-corrected chi connectivity index (χ4v) is 0.427. The lowest BCUT2D eigenvalue weighted by atomic mass is 11.5. The van der Waals surface area contributed by atoms with Crippen molar-refractivity contribution in [1.82, 2.24) is 0 Å². The molecule has 0 aliphatic rings. The van der Waals surface area contributed by atoms with Crippen LogP contribution in [0, 0.1) is 0 Å². The van der Waals surface area contributed by atoms with Gasteiger partial charge in [-0.3, -0.25) is 9.93 Å². The fourth-order valence-electron chi connectivity index (χ4n) is 0.0474. The molecule has 0 aromatic rings. The number of primary amides is 1. The van der Waals surface area contributed by atoms with E-state index in [0.29, 0.717) is 0 Å². The lowest BCUT2D eigenvalue weighted by Gasteiger charge is -1.80. The SMILES string of the molecule is NSSC(N)=O. The standard InChI is InChI=1S/CH4N2OS2/c2-1(4)5-6-3/h3H2,(H2,2,4). The third-order valence-electron chi connectivity index (χ3n) is 0.130. The van der Waals surface area contributed by atoms with E-state index in [1.54, 1.807) is 0 Å². The van der Waals surface area contributed by atoms with E-state index < -0.39 is 5.24 Å². The molecule has 0 saturated carbocycles. The number of carbonyl (C=O) groups is 1. The van der Waals surface area contributed by atoms with E-state index in [0.717, 1.165) is 21.8 Å². The highest BCUT2D eigenvalue weighted by atomic mass is 33.1. The molecule has 0 heterocycles. The van der Waals surface area contributed by atoms with Gasteiger partial charge in [-0.15, -0.1) is 0 Å². The van der Waals surface area contributed by atoms with Crippen molar-refractivity contribution in [2.24, 2.45) is 10.9 Å². The van der Waals surface area contributed by atoms with Crippen molar-refractivity contribution in [3.63, 3.8) is 0 Å². The van der Waals surface area contributed by atoms with Gasteiger partial charge in [0.2, 0.25) is 0 Å². The van der Waals surface area contributed by atoms with Crippen molar-refractivity contribution in [3.8, 4) is 0 Å². The summed E-state index contributed by atoms with van der Waals surface area (Å²) in [5.74, 6) is 0. The lowest BCUT2D eigenvalue weighted by molar-refractivity contribution is 0.267. The summed E-state index contributed by atoms with van der Waals surface area (Å²) in [4.78, 5) is 9.68. The first-order valence-electron chi connectivity index (χ1n) is 1.10. The van der Waals surface area contributed by atoms with Crippen LogP contribution in [-0.4, -0.2) is 5.24 Å². The number of amides is 1. The smallest absolute Gasteiger partial charge is 0.288 e. The van der Waals surface area contributed by atoms with Crippen LogP contribution in [0.25, 0.3) is 0 Å². The van der Waals surface area contributed by atoms with Crippen LogP contribution in [0.2, 0.25) is 0 Å². The van der Waals surface area contributed by atoms with E-state index in [4.69, 9.17) is 5.14 Å². The molecule has 0 rings (SSSR count). The molecule has 0 radical (unpaired) electrons. The van der Waals surface area contributed by atoms with E-state index in [-0.39, 0.29) is 0 Å². The highest BCUT2D eigenvalue weighted by Crippen LogP contribution is 2.10. The van der Waals surface area contributed by atoms with E-state index in [2.05, 4.69) is 5.73 Å². The molecule has 0 aliphatic heterocycles. The van der Waals surface area contributed by atoms with Crippen molar-refractivity contribution in [1.29, 1.82) is 0 Å². The third-order valence-corrected chi connectivity index (χ3v) is 1.17. The van der Waals surface area contributed by atoms with Crippen LogP contribution in [0.4, 0.5) is 4.79 Å². The van der Waals surface area contributed by atoms with Gasteiger partial charge in [-0.1, -0.05) is 0 Å². The van der Waals surface area contributed by atoms with Gasteiger partial charge in [0.25, 0.3) is 5.24 Å². The Morgan fingerprint density at radius 2 is 2.17 bits per heavy atom. The minimum atomic E-state index is -0.456. The summed E-state index contributed by atoms with van der Waals surface area (Å²) in [6, 6.07) is 0. The van der Waals surface area contributed by atoms with Crippen molar-refractivity contribution < 1.29 is 4.79 Å². The Hall–Kier alpha value is 0.130. The van der Waals surface area contributed by atoms with Crippen molar-refractivity contribution in [2.45, 2.75) is 0 Å². The maximum atomic E-state index is 9.68. The van der Waals surface area contributed by atoms with E-state index >= 15 is 0 Å². The average Bonchev–Trinajstić information content (AvgIpc) is 1.35. The number of rotatable bonds is 1. The van der Waals surface area contributed by atoms with Crippen LogP contribution in [0.5, 0.6) is 0 Å². The Bertz CT molecular complexity index is 55.5. The van der Waals surface area contributed by atoms with Gasteiger partial charge in [0.15, 0.2) is 0 Å². The Labute approximate surface area is 43.4 Å². The van der Waals surface area contributed by atoms with Gasteiger partial charge in [0.1, 0.15) is 0 Å². The van der Waals surface area contributed by atoms with Gasteiger partial charge in [0.05, 0.1) is 0 Å². The first-order chi connectivity index (χ1) is 2.77. The molecule has 5 heteroatoms. The quantitative estimate of drug-likeness (QED) is 0.390. The molecule has 0 spiro atoms. The van der Waals surface area contributed by atoms with Crippen LogP contribution >= 0.6 is 21.8 Å². The highest BCUT2D eigenvalue weighted by Gasteiger charge is 1.86. The maximum Gasteiger partial charge on any atom is 0.288 e. The zero-order valence-electron chi connectivity index (χ0n) is 2.88. The Balaban J connectivity index is 2.83. The van der Waals surface area contributed by atoms with Crippen LogP contribution in [0.15, 0.2) is 0 Å². The van der Waals surface area contributed by atoms with Gasteiger partial charge in [-0.05, 0) is 11.0 Å². The van der Waals surface area contributed by atoms with Gasteiger partial charge >= 0.3 is 0 Å². The van der Waals surface area contributed by atoms with Gasteiger partial charge in [-0.2, -0.15) is 0 Å². The second kappa shape index (κ2) is 3.32. The average molecular weight is 124 g/mol. The zero-order valence-corrected chi connectivity index (χ0v) is 4.51. The molecular formula is CH4N2OS2. The topological polar surface area (TPSA) is 69.1 Å².